The Hall–Kier alpha value is -4.65. The first kappa shape index (κ1) is 28.9. The van der Waals surface area contributed by atoms with Crippen molar-refractivity contribution in [3.63, 3.8) is 0 Å². The maximum Gasteiger partial charge on any atom is 0.514 e. The van der Waals surface area contributed by atoms with E-state index in [4.69, 9.17) is 19.4 Å². The quantitative estimate of drug-likeness (QED) is 0.136. The highest BCUT2D eigenvalue weighted by Crippen LogP contribution is 2.31. The zero-order valence-electron chi connectivity index (χ0n) is 24.8. The normalized spacial score (nSPS) is 11.4. The van der Waals surface area contributed by atoms with Gasteiger partial charge in [-0.1, -0.05) is 86.1 Å². The number of aromatic nitrogens is 3. The van der Waals surface area contributed by atoms with E-state index in [0.29, 0.717) is 18.8 Å². The molecule has 0 aliphatic rings. The van der Waals surface area contributed by atoms with Crippen molar-refractivity contribution in [2.75, 3.05) is 5.32 Å². The average Bonchev–Trinajstić information content (AvgIpc) is 3.31. The molecule has 216 valence electrons. The van der Waals surface area contributed by atoms with E-state index in [1.165, 1.54) is 5.56 Å². The molecule has 1 N–H and O–H groups in total. The molecule has 7 nitrogen and oxygen atoms in total. The number of pyridine rings is 1. The maximum atomic E-state index is 12.3. The molecule has 2 heterocycles. The fourth-order valence-electron chi connectivity index (χ4n) is 4.75. The number of hydrogen-bond acceptors (Lipinski definition) is 6. The summed E-state index contributed by atoms with van der Waals surface area (Å²) in [6, 6.07) is 30.2. The molecule has 0 saturated heterocycles. The van der Waals surface area contributed by atoms with Crippen LogP contribution in [0.5, 0.6) is 5.75 Å². The number of rotatable bonds is 10. The van der Waals surface area contributed by atoms with Gasteiger partial charge in [-0.15, -0.1) is 0 Å². The first-order chi connectivity index (χ1) is 20.3. The molecule has 0 bridgehead atoms. The van der Waals surface area contributed by atoms with Crippen LogP contribution >= 0.6 is 0 Å². The van der Waals surface area contributed by atoms with E-state index in [2.05, 4.69) is 53.2 Å². The van der Waals surface area contributed by atoms with Crippen molar-refractivity contribution in [1.29, 1.82) is 0 Å². The van der Waals surface area contributed by atoms with E-state index in [1.807, 2.05) is 69.3 Å². The Morgan fingerprint density at radius 3 is 2.33 bits per heavy atom. The van der Waals surface area contributed by atoms with Gasteiger partial charge in [-0.25, -0.2) is 14.8 Å². The number of fused-ring (bicyclic) bond motifs is 1. The summed E-state index contributed by atoms with van der Waals surface area (Å²) >= 11 is 0. The van der Waals surface area contributed by atoms with E-state index in [0.717, 1.165) is 58.8 Å². The summed E-state index contributed by atoms with van der Waals surface area (Å²) in [6.07, 6.45) is 2.34. The number of carbonyl (C=O) groups is 1. The highest BCUT2D eigenvalue weighted by atomic mass is 16.7. The van der Waals surface area contributed by atoms with Crippen LogP contribution in [0, 0.1) is 0 Å². The number of aryl methyl sites for hydroxylation is 1. The molecule has 0 fully saturated rings. The monoisotopic (exact) mass is 562 g/mol. The van der Waals surface area contributed by atoms with E-state index in [1.54, 1.807) is 6.07 Å². The maximum absolute atomic E-state index is 12.3. The van der Waals surface area contributed by atoms with E-state index in [-0.39, 0.29) is 0 Å². The predicted octanol–water partition coefficient (Wildman–Crippen LogP) is 8.42. The molecule has 0 radical (unpaired) electrons. The molecule has 5 aromatic rings. The highest BCUT2D eigenvalue weighted by molar-refractivity contribution is 5.76. The third-order valence-electron chi connectivity index (χ3n) is 6.82. The van der Waals surface area contributed by atoms with Gasteiger partial charge in [0.2, 0.25) is 0 Å². The smallest absolute Gasteiger partial charge is 0.428 e. The zero-order valence-corrected chi connectivity index (χ0v) is 24.8. The Kier molecular flexibility index (Phi) is 8.86. The van der Waals surface area contributed by atoms with Crippen LogP contribution in [0.2, 0.25) is 0 Å². The summed E-state index contributed by atoms with van der Waals surface area (Å²) in [5.74, 6) is 2.33. The van der Waals surface area contributed by atoms with Gasteiger partial charge in [0.1, 0.15) is 28.5 Å². The first-order valence-electron chi connectivity index (χ1n) is 14.5. The molecule has 2 aromatic heterocycles. The van der Waals surface area contributed by atoms with Crippen LogP contribution in [-0.4, -0.2) is 26.3 Å². The molecule has 5 rings (SSSR count). The van der Waals surface area contributed by atoms with E-state index in [9.17, 15) is 4.79 Å². The molecule has 42 heavy (non-hydrogen) atoms. The molecule has 3 aromatic carbocycles. The van der Waals surface area contributed by atoms with Crippen molar-refractivity contribution < 1.29 is 14.3 Å². The van der Waals surface area contributed by atoms with Crippen molar-refractivity contribution in [2.24, 2.45) is 0 Å². The van der Waals surface area contributed by atoms with Crippen molar-refractivity contribution in [3.8, 4) is 16.9 Å². The number of nitrogens with one attached hydrogen (secondary N) is 1. The summed E-state index contributed by atoms with van der Waals surface area (Å²) in [7, 11) is 0. The van der Waals surface area contributed by atoms with Crippen LogP contribution in [-0.2, 0) is 24.2 Å². The summed E-state index contributed by atoms with van der Waals surface area (Å²) in [4.78, 5) is 22.3. The molecule has 0 aliphatic heterocycles. The predicted molar refractivity (Wildman–Crippen MR) is 168 cm³/mol. The number of carbonyl (C=O) groups excluding carboxylic acids is 1. The van der Waals surface area contributed by atoms with Crippen LogP contribution in [0.25, 0.3) is 22.3 Å². The van der Waals surface area contributed by atoms with Crippen LogP contribution in [0.4, 0.5) is 10.6 Å². The second-order valence-electron chi connectivity index (χ2n) is 11.4. The lowest BCUT2D eigenvalue weighted by molar-refractivity contribution is 0.0207. The van der Waals surface area contributed by atoms with Gasteiger partial charge in [-0.2, -0.15) is 0 Å². The van der Waals surface area contributed by atoms with Crippen LogP contribution in [0.15, 0.2) is 91.0 Å². The number of unbranched alkanes of at least 4 members (excludes halogenated alkanes) is 1. The molecule has 0 amide bonds. The molecule has 0 atom stereocenters. The number of anilines is 1. The molecule has 0 unspecified atom stereocenters. The molecular weight excluding hydrogens is 524 g/mol. The second kappa shape index (κ2) is 12.9. The van der Waals surface area contributed by atoms with Gasteiger partial charge in [0.25, 0.3) is 0 Å². The number of benzene rings is 3. The van der Waals surface area contributed by atoms with E-state index >= 15 is 0 Å². The number of hydrogen-bond donors (Lipinski definition) is 1. The Morgan fingerprint density at radius 1 is 0.857 bits per heavy atom. The molecule has 0 spiro atoms. The standard InChI is InChI=1S/C35H38N4O3/c1-5-6-16-32-37-29-21-22-31(36-23-25-12-8-7-9-13-25)38-33(29)39(32)24-26-17-19-27(20-18-26)28-14-10-11-15-30(28)41-34(40)42-35(2,3)4/h7-15,17-22H,5-6,16,23-24H2,1-4H3,(H,36,38). The van der Waals surface area contributed by atoms with Gasteiger partial charge in [-0.05, 0) is 62.1 Å². The number of imidazole rings is 1. The Labute approximate surface area is 247 Å². The van der Waals surface area contributed by atoms with Crippen LogP contribution in [0.3, 0.4) is 0 Å². The van der Waals surface area contributed by atoms with Gasteiger partial charge in [0.15, 0.2) is 5.65 Å². The largest absolute Gasteiger partial charge is 0.514 e. The van der Waals surface area contributed by atoms with Crippen molar-refractivity contribution in [3.05, 3.63) is 108 Å². The summed E-state index contributed by atoms with van der Waals surface area (Å²) < 4.78 is 13.1. The van der Waals surface area contributed by atoms with Crippen molar-refractivity contribution in [2.45, 2.75) is 65.6 Å². The third-order valence-corrected chi connectivity index (χ3v) is 6.82. The fraction of sp³-hybridized carbons (Fsp3) is 0.286. The molecule has 0 saturated carbocycles. The number of para-hydroxylation sites is 1. The van der Waals surface area contributed by atoms with Gasteiger partial charge in [-0.3, -0.25) is 0 Å². The van der Waals surface area contributed by atoms with Crippen LogP contribution in [0.1, 0.15) is 57.5 Å². The fourth-order valence-corrected chi connectivity index (χ4v) is 4.75. The van der Waals surface area contributed by atoms with Gasteiger partial charge in [0, 0.05) is 18.5 Å². The molecular formula is C35H38N4O3. The van der Waals surface area contributed by atoms with Crippen molar-refractivity contribution in [1.82, 2.24) is 14.5 Å². The molecule has 7 heteroatoms. The topological polar surface area (TPSA) is 78.3 Å². The number of nitrogens with zero attached hydrogens (tertiary/aromatic N) is 3. The minimum Gasteiger partial charge on any atom is -0.428 e. The lowest BCUT2D eigenvalue weighted by Crippen LogP contribution is -2.26. The van der Waals surface area contributed by atoms with Crippen molar-refractivity contribution >= 4 is 23.1 Å². The average molecular weight is 563 g/mol. The summed E-state index contributed by atoms with van der Waals surface area (Å²) in [5.41, 5.74) is 5.25. The zero-order chi connectivity index (χ0) is 29.5. The first-order valence-corrected chi connectivity index (χ1v) is 14.5. The van der Waals surface area contributed by atoms with Crippen LogP contribution < -0.4 is 10.1 Å². The highest BCUT2D eigenvalue weighted by Gasteiger charge is 2.20. The lowest BCUT2D eigenvalue weighted by atomic mass is 10.0. The minimum atomic E-state index is -0.719. The van der Waals surface area contributed by atoms with Gasteiger partial charge >= 0.3 is 6.16 Å². The summed E-state index contributed by atoms with van der Waals surface area (Å²) in [5, 5.41) is 3.46. The Balaban J connectivity index is 1.38. The van der Waals surface area contributed by atoms with Gasteiger partial charge in [0.05, 0.1) is 6.54 Å². The van der Waals surface area contributed by atoms with E-state index < -0.39 is 11.8 Å². The Morgan fingerprint density at radius 2 is 1.60 bits per heavy atom. The second-order valence-corrected chi connectivity index (χ2v) is 11.4. The number of ether oxygens (including phenoxy) is 2. The summed E-state index contributed by atoms with van der Waals surface area (Å²) in [6.45, 7) is 8.99. The third kappa shape index (κ3) is 7.35. The minimum absolute atomic E-state index is 0.460. The SMILES string of the molecule is CCCCc1nc2ccc(NCc3ccccc3)nc2n1Cc1ccc(-c2ccccc2OC(=O)OC(C)(C)C)cc1. The van der Waals surface area contributed by atoms with Gasteiger partial charge < -0.3 is 19.4 Å². The Bertz CT molecular complexity index is 1640. The lowest BCUT2D eigenvalue weighted by Gasteiger charge is -2.19. The molecule has 0 aliphatic carbocycles.